The van der Waals surface area contributed by atoms with E-state index >= 15 is 0 Å². The van der Waals surface area contributed by atoms with Crippen LogP contribution in [0.5, 0.6) is 0 Å². The second-order valence-corrected chi connectivity index (χ2v) is 23.0. The zero-order valence-corrected chi connectivity index (χ0v) is 37.3. The molecule has 0 unspecified atom stereocenters. The van der Waals surface area contributed by atoms with Crippen LogP contribution in [0.4, 0.5) is 0 Å². The summed E-state index contributed by atoms with van der Waals surface area (Å²) in [6, 6.07) is 91.2. The van der Waals surface area contributed by atoms with Crippen molar-refractivity contribution in [2.45, 2.75) is 12.3 Å². The van der Waals surface area contributed by atoms with Crippen molar-refractivity contribution >= 4 is 46.4 Å². The summed E-state index contributed by atoms with van der Waals surface area (Å²) in [5, 5.41) is 8.18. The van der Waals surface area contributed by atoms with Gasteiger partial charge in [-0.15, -0.1) is 0 Å². The molecule has 0 saturated heterocycles. The Bertz CT molecular complexity index is 2810. The molecule has 0 atom stereocenters. The van der Waals surface area contributed by atoms with E-state index in [-0.39, 0.29) is 0 Å². The second-order valence-electron chi connectivity index (χ2n) is 16.0. The van der Waals surface area contributed by atoms with Crippen LogP contribution in [0, 0.1) is 0 Å². The van der Waals surface area contributed by atoms with E-state index in [1.165, 1.54) is 43.0 Å². The smallest absolute Gasteiger partial charge is 0.116 e. The minimum atomic E-state index is -2.33. The maximum Gasteiger partial charge on any atom is 0.116 e. The van der Waals surface area contributed by atoms with Gasteiger partial charge >= 0.3 is 0 Å². The predicted molar refractivity (Wildman–Crippen MR) is 274 cm³/mol. The Morgan fingerprint density at radius 2 is 0.594 bits per heavy atom. The van der Waals surface area contributed by atoms with Crippen molar-refractivity contribution in [2.75, 3.05) is 0 Å². The van der Waals surface area contributed by atoms with Crippen LogP contribution in [0.15, 0.2) is 261 Å². The summed E-state index contributed by atoms with van der Waals surface area (Å²) < 4.78 is 0. The third-order valence-electron chi connectivity index (χ3n) is 12.2. The largest absolute Gasteiger partial charge is 0.255 e. The fourth-order valence-electron chi connectivity index (χ4n) is 9.14. The van der Waals surface area contributed by atoms with Crippen molar-refractivity contribution in [3.05, 3.63) is 272 Å². The first-order valence-electron chi connectivity index (χ1n) is 21.8. The van der Waals surface area contributed by atoms with Crippen LogP contribution in [0.1, 0.15) is 11.1 Å². The van der Waals surface area contributed by atoms with Gasteiger partial charge in [0.15, 0.2) is 0 Å². The van der Waals surface area contributed by atoms with Crippen molar-refractivity contribution < 1.29 is 0 Å². The molecule has 64 heavy (non-hydrogen) atoms. The van der Waals surface area contributed by atoms with E-state index in [0.717, 1.165) is 46.2 Å². The molecule has 3 aromatic heterocycles. The minimum Gasteiger partial charge on any atom is -0.255 e. The van der Waals surface area contributed by atoms with Crippen LogP contribution in [0.25, 0.3) is 33.9 Å². The first kappa shape index (κ1) is 40.9. The molecule has 0 aliphatic rings. The van der Waals surface area contributed by atoms with Gasteiger partial charge in [0.05, 0.1) is 35.1 Å². The molecule has 5 heteroatoms. The van der Waals surface area contributed by atoms with Gasteiger partial charge in [0.1, 0.15) is 46.4 Å². The predicted octanol–water partition coefficient (Wildman–Crippen LogP) is 11.9. The highest BCUT2D eigenvalue weighted by Crippen LogP contribution is 2.62. The summed E-state index contributed by atoms with van der Waals surface area (Å²) in [5.74, 6) is 0. The maximum atomic E-state index is 5.15. The van der Waals surface area contributed by atoms with Crippen LogP contribution >= 0.6 is 14.5 Å². The Hall–Kier alpha value is -7.15. The van der Waals surface area contributed by atoms with E-state index < -0.39 is 14.5 Å². The number of hydrogen-bond donors (Lipinski definition) is 0. The molecule has 10 aromatic rings. The van der Waals surface area contributed by atoms with Gasteiger partial charge in [-0.3, -0.25) is 9.97 Å². The molecular formula is C59H47N3P2+2. The summed E-state index contributed by atoms with van der Waals surface area (Å²) in [6.45, 7) is 0. The van der Waals surface area contributed by atoms with E-state index in [1.807, 2.05) is 48.8 Å². The number of aromatic nitrogens is 3. The van der Waals surface area contributed by atoms with Crippen LogP contribution in [-0.4, -0.2) is 15.0 Å². The van der Waals surface area contributed by atoms with Crippen LogP contribution < -0.4 is 31.8 Å². The fourth-order valence-corrected chi connectivity index (χ4v) is 17.7. The highest BCUT2D eigenvalue weighted by molar-refractivity contribution is 7.95. The molecular weight excluding hydrogens is 813 g/mol. The summed E-state index contributed by atoms with van der Waals surface area (Å²) in [5.41, 5.74) is 8.16. The highest BCUT2D eigenvalue weighted by atomic mass is 31.2. The third kappa shape index (κ3) is 8.13. The van der Waals surface area contributed by atoms with E-state index in [1.54, 1.807) is 0 Å². The SMILES string of the molecule is c1ccc([P+](Cc2ccc(-c3cc(-c4ccccn4)nc(-c4ccccn4)c3)cc2C[P+](c2ccccc2)(c2ccccc2)c2ccccc2)(c2ccccc2)c2ccccc2)cc1. The van der Waals surface area contributed by atoms with Crippen LogP contribution in [0.3, 0.4) is 0 Å². The molecule has 0 fully saturated rings. The number of benzene rings is 7. The topological polar surface area (TPSA) is 38.7 Å². The molecule has 0 aliphatic heterocycles. The van der Waals surface area contributed by atoms with Gasteiger partial charge in [0, 0.05) is 12.4 Å². The van der Waals surface area contributed by atoms with Crippen LogP contribution in [-0.2, 0) is 12.3 Å². The van der Waals surface area contributed by atoms with Crippen molar-refractivity contribution in [2.24, 2.45) is 0 Å². The first-order valence-corrected chi connectivity index (χ1v) is 25.7. The van der Waals surface area contributed by atoms with Gasteiger partial charge in [-0.2, -0.15) is 0 Å². The number of nitrogens with zero attached hydrogens (tertiary/aromatic N) is 3. The van der Waals surface area contributed by atoms with Gasteiger partial charge in [0.2, 0.25) is 0 Å². The van der Waals surface area contributed by atoms with E-state index in [0.29, 0.717) is 0 Å². The Morgan fingerprint density at radius 3 is 0.922 bits per heavy atom. The molecule has 0 aliphatic carbocycles. The Kier molecular flexibility index (Phi) is 11.9. The zero-order valence-electron chi connectivity index (χ0n) is 35.5. The third-order valence-corrected chi connectivity index (χ3v) is 20.9. The molecule has 0 amide bonds. The summed E-state index contributed by atoms with van der Waals surface area (Å²) in [7, 11) is -4.61. The second kappa shape index (κ2) is 18.7. The summed E-state index contributed by atoms with van der Waals surface area (Å²) in [6.07, 6.45) is 5.35. The maximum absolute atomic E-state index is 5.15. The minimum absolute atomic E-state index is 0.811. The number of rotatable bonds is 13. The van der Waals surface area contributed by atoms with Crippen LogP contribution in [0.2, 0.25) is 0 Å². The molecule has 7 aromatic carbocycles. The molecule has 3 heterocycles. The first-order chi connectivity index (χ1) is 31.7. The van der Waals surface area contributed by atoms with E-state index in [4.69, 9.17) is 15.0 Å². The Labute approximate surface area is 378 Å². The van der Waals surface area contributed by atoms with Gasteiger partial charge in [0.25, 0.3) is 0 Å². The highest BCUT2D eigenvalue weighted by Gasteiger charge is 2.49. The standard InChI is InChI=1S/C59H47N3P2/c1-7-23-50(24-8-1)63(51-25-9-2-10-26-51,52-27-11-3-12-28-52)44-47-38-37-46(48-42-58(56-35-19-21-39-60-56)62-59(43-48)57-36-20-22-40-61-57)41-49(47)45-64(53-29-13-4-14-30-53,54-31-15-5-16-32-54)55-33-17-6-18-34-55/h1-43H,44-45H2/q+2. The van der Waals surface area contributed by atoms with Crippen molar-refractivity contribution in [3.63, 3.8) is 0 Å². The lowest BCUT2D eigenvalue weighted by Crippen LogP contribution is -2.34. The molecule has 3 nitrogen and oxygen atoms in total. The van der Waals surface area contributed by atoms with E-state index in [9.17, 15) is 0 Å². The van der Waals surface area contributed by atoms with Gasteiger partial charge < -0.3 is 0 Å². The summed E-state index contributed by atoms with van der Waals surface area (Å²) >= 11 is 0. The van der Waals surface area contributed by atoms with Crippen molar-refractivity contribution in [3.8, 4) is 33.9 Å². The summed E-state index contributed by atoms with van der Waals surface area (Å²) in [4.78, 5) is 14.7. The quantitative estimate of drug-likeness (QED) is 0.108. The number of pyridine rings is 3. The van der Waals surface area contributed by atoms with Crippen molar-refractivity contribution in [1.82, 2.24) is 15.0 Å². The normalized spacial score (nSPS) is 11.6. The fraction of sp³-hybridized carbons (Fsp3) is 0.0339. The van der Waals surface area contributed by atoms with Gasteiger partial charge in [-0.05, 0) is 138 Å². The van der Waals surface area contributed by atoms with Crippen molar-refractivity contribution in [1.29, 1.82) is 0 Å². The number of hydrogen-bond acceptors (Lipinski definition) is 3. The molecule has 0 spiro atoms. The molecule has 306 valence electrons. The van der Waals surface area contributed by atoms with E-state index in [2.05, 4.69) is 212 Å². The lowest BCUT2D eigenvalue weighted by Gasteiger charge is -2.31. The molecule has 0 radical (unpaired) electrons. The monoisotopic (exact) mass is 859 g/mol. The van der Waals surface area contributed by atoms with Gasteiger partial charge in [-0.1, -0.05) is 133 Å². The lowest BCUT2D eigenvalue weighted by molar-refractivity contribution is 1.22. The Morgan fingerprint density at radius 1 is 0.266 bits per heavy atom. The molecule has 0 N–H and O–H groups in total. The molecule has 10 rings (SSSR count). The Balaban J connectivity index is 1.26. The molecule has 0 saturated carbocycles. The van der Waals surface area contributed by atoms with Gasteiger partial charge in [-0.25, -0.2) is 4.98 Å². The average Bonchev–Trinajstić information content (AvgIpc) is 3.39. The average molecular weight is 860 g/mol. The molecule has 0 bridgehead atoms. The zero-order chi connectivity index (χ0) is 43.0. The lowest BCUT2D eigenvalue weighted by atomic mass is 9.98.